The van der Waals surface area contributed by atoms with Gasteiger partial charge >= 0.3 is 12.0 Å². The van der Waals surface area contributed by atoms with Gasteiger partial charge in [-0.25, -0.2) is 4.79 Å². The first-order chi connectivity index (χ1) is 10.2. The monoisotopic (exact) mass is 291 g/mol. The summed E-state index contributed by atoms with van der Waals surface area (Å²) in [5, 5.41) is 8.15. The molecule has 8 heteroatoms. The topological polar surface area (TPSA) is 82.8 Å². The predicted molar refractivity (Wildman–Crippen MR) is 71.8 cm³/mol. The summed E-state index contributed by atoms with van der Waals surface area (Å²) in [5.41, 5.74) is 0. The molecule has 8 nitrogen and oxygen atoms in total. The Bertz CT molecular complexity index is 596. The van der Waals surface area contributed by atoms with Gasteiger partial charge in [-0.1, -0.05) is 5.10 Å². The molecule has 21 heavy (non-hydrogen) atoms. The fourth-order valence-electron chi connectivity index (χ4n) is 2.97. The van der Waals surface area contributed by atoms with Crippen molar-refractivity contribution < 1.29 is 14.0 Å². The highest BCUT2D eigenvalue weighted by atomic mass is 16.4. The Labute approximate surface area is 121 Å². The summed E-state index contributed by atoms with van der Waals surface area (Å²) in [6.07, 6.45) is 2.22. The predicted octanol–water partition coefficient (Wildman–Crippen LogP) is 0.420. The Balaban J connectivity index is 1.52. The van der Waals surface area contributed by atoms with Gasteiger partial charge in [0.1, 0.15) is 6.04 Å². The molecule has 1 unspecified atom stereocenters. The third-order valence-electron chi connectivity index (χ3n) is 4.35. The lowest BCUT2D eigenvalue weighted by Crippen LogP contribution is -2.53. The quantitative estimate of drug-likeness (QED) is 0.751. The van der Waals surface area contributed by atoms with Gasteiger partial charge in [-0.05, 0) is 19.8 Å². The minimum atomic E-state index is -0.428. The Kier molecular flexibility index (Phi) is 2.66. The molecule has 1 atom stereocenters. The van der Waals surface area contributed by atoms with E-state index in [0.717, 1.165) is 12.8 Å². The van der Waals surface area contributed by atoms with Crippen LogP contribution in [0.3, 0.4) is 0 Å². The minimum Gasteiger partial charge on any atom is -0.408 e. The summed E-state index contributed by atoms with van der Waals surface area (Å²) in [6, 6.07) is -0.148. The summed E-state index contributed by atoms with van der Waals surface area (Å²) in [6.45, 7) is 3.77. The number of rotatable bonds is 3. The van der Waals surface area contributed by atoms with Crippen molar-refractivity contribution in [2.45, 2.75) is 31.7 Å². The van der Waals surface area contributed by atoms with Gasteiger partial charge in [0.05, 0.1) is 6.54 Å². The molecular weight excluding hydrogens is 274 g/mol. The highest BCUT2D eigenvalue weighted by Gasteiger charge is 2.47. The van der Waals surface area contributed by atoms with Gasteiger partial charge in [-0.2, -0.15) is 0 Å². The number of imide groups is 1. The molecule has 3 amide bonds. The van der Waals surface area contributed by atoms with E-state index in [9.17, 15) is 9.59 Å². The van der Waals surface area contributed by atoms with Crippen molar-refractivity contribution in [3.63, 3.8) is 0 Å². The van der Waals surface area contributed by atoms with Crippen LogP contribution in [0.1, 0.15) is 31.6 Å². The van der Waals surface area contributed by atoms with E-state index in [0.29, 0.717) is 44.0 Å². The SMILES string of the molecule is CCN1C(=O)C2CN(c3nnc(C4CC4)o3)CCN2C1=O. The maximum absolute atomic E-state index is 12.3. The number of hydrogen-bond donors (Lipinski definition) is 0. The Hall–Kier alpha value is -2.12. The van der Waals surface area contributed by atoms with Gasteiger partial charge < -0.3 is 14.2 Å². The average molecular weight is 291 g/mol. The maximum atomic E-state index is 12.3. The molecule has 0 spiro atoms. The van der Waals surface area contributed by atoms with E-state index in [1.54, 1.807) is 4.90 Å². The molecule has 2 saturated heterocycles. The molecule has 1 aromatic rings. The third kappa shape index (κ3) is 1.89. The molecule has 4 rings (SSSR count). The number of likely N-dealkylation sites (N-methyl/N-ethyl adjacent to an activating group) is 1. The van der Waals surface area contributed by atoms with E-state index < -0.39 is 6.04 Å². The first kappa shape index (κ1) is 12.6. The second-order valence-corrected chi connectivity index (χ2v) is 5.72. The lowest BCUT2D eigenvalue weighted by molar-refractivity contribution is -0.128. The fourth-order valence-corrected chi connectivity index (χ4v) is 2.97. The largest absolute Gasteiger partial charge is 0.408 e. The number of piperazine rings is 1. The van der Waals surface area contributed by atoms with Gasteiger partial charge in [-0.3, -0.25) is 9.69 Å². The number of carbonyl (C=O) groups is 2. The number of anilines is 1. The molecular formula is C13H17N5O3. The third-order valence-corrected chi connectivity index (χ3v) is 4.35. The molecule has 1 saturated carbocycles. The van der Waals surface area contributed by atoms with Gasteiger partial charge in [0.25, 0.3) is 5.91 Å². The standard InChI is InChI=1S/C13H17N5O3/c1-2-17-11(19)9-7-16(5-6-18(9)13(17)20)12-15-14-10(21-12)8-3-4-8/h8-9H,2-7H2,1H3. The van der Waals surface area contributed by atoms with E-state index in [4.69, 9.17) is 4.42 Å². The molecule has 0 N–H and O–H groups in total. The Morgan fingerprint density at radius 2 is 2.05 bits per heavy atom. The van der Waals surface area contributed by atoms with Crippen LogP contribution < -0.4 is 4.90 Å². The number of amides is 3. The molecule has 0 radical (unpaired) electrons. The molecule has 3 heterocycles. The van der Waals surface area contributed by atoms with Crippen LogP contribution >= 0.6 is 0 Å². The molecule has 0 aromatic carbocycles. The van der Waals surface area contributed by atoms with E-state index in [-0.39, 0.29) is 11.9 Å². The molecule has 1 aliphatic carbocycles. The molecule has 3 fully saturated rings. The second-order valence-electron chi connectivity index (χ2n) is 5.72. The number of fused-ring (bicyclic) bond motifs is 1. The summed E-state index contributed by atoms with van der Waals surface area (Å²) < 4.78 is 5.69. The van der Waals surface area contributed by atoms with Gasteiger partial charge in [0, 0.05) is 25.6 Å². The van der Waals surface area contributed by atoms with Crippen LogP contribution in [0.25, 0.3) is 0 Å². The van der Waals surface area contributed by atoms with E-state index in [1.807, 2.05) is 11.8 Å². The number of carbonyl (C=O) groups excluding carboxylic acids is 2. The Morgan fingerprint density at radius 3 is 2.76 bits per heavy atom. The van der Waals surface area contributed by atoms with Gasteiger partial charge in [0.2, 0.25) is 5.89 Å². The van der Waals surface area contributed by atoms with E-state index in [1.165, 1.54) is 4.90 Å². The summed E-state index contributed by atoms with van der Waals surface area (Å²) in [7, 11) is 0. The van der Waals surface area contributed by atoms with Gasteiger partial charge in [0.15, 0.2) is 0 Å². The lowest BCUT2D eigenvalue weighted by Gasteiger charge is -2.34. The molecule has 1 aromatic heterocycles. The van der Waals surface area contributed by atoms with Crippen LogP contribution in [0.4, 0.5) is 10.8 Å². The van der Waals surface area contributed by atoms with Crippen molar-refractivity contribution in [2.24, 2.45) is 0 Å². The van der Waals surface area contributed by atoms with Gasteiger partial charge in [-0.15, -0.1) is 5.10 Å². The van der Waals surface area contributed by atoms with Crippen LogP contribution in [0.2, 0.25) is 0 Å². The molecule has 3 aliphatic rings. The zero-order valence-electron chi connectivity index (χ0n) is 11.9. The minimum absolute atomic E-state index is 0.130. The fraction of sp³-hybridized carbons (Fsp3) is 0.692. The first-order valence-electron chi connectivity index (χ1n) is 7.39. The zero-order chi connectivity index (χ0) is 14.6. The van der Waals surface area contributed by atoms with Crippen molar-refractivity contribution in [3.05, 3.63) is 5.89 Å². The molecule has 112 valence electrons. The molecule has 0 bridgehead atoms. The van der Waals surface area contributed by atoms with Crippen molar-refractivity contribution in [1.29, 1.82) is 0 Å². The van der Waals surface area contributed by atoms with E-state index in [2.05, 4.69) is 10.2 Å². The van der Waals surface area contributed by atoms with E-state index >= 15 is 0 Å². The van der Waals surface area contributed by atoms with Crippen molar-refractivity contribution >= 4 is 18.0 Å². The van der Waals surface area contributed by atoms with Crippen LogP contribution in [-0.4, -0.2) is 64.2 Å². The van der Waals surface area contributed by atoms with Crippen molar-refractivity contribution in [2.75, 3.05) is 31.1 Å². The molecule has 2 aliphatic heterocycles. The number of aromatic nitrogens is 2. The lowest BCUT2D eigenvalue weighted by atomic mass is 10.2. The zero-order valence-corrected chi connectivity index (χ0v) is 11.9. The normalized spacial score (nSPS) is 25.8. The maximum Gasteiger partial charge on any atom is 0.327 e. The highest BCUT2D eigenvalue weighted by molar-refractivity contribution is 6.04. The number of hydrogen-bond acceptors (Lipinski definition) is 6. The number of urea groups is 1. The summed E-state index contributed by atoms with van der Waals surface area (Å²) in [5.74, 6) is 0.975. The summed E-state index contributed by atoms with van der Waals surface area (Å²) in [4.78, 5) is 29.2. The smallest absolute Gasteiger partial charge is 0.327 e. The highest BCUT2D eigenvalue weighted by Crippen LogP contribution is 2.40. The average Bonchev–Trinajstić information content (AvgIpc) is 3.18. The number of nitrogens with zero attached hydrogens (tertiary/aromatic N) is 5. The van der Waals surface area contributed by atoms with Crippen molar-refractivity contribution in [3.8, 4) is 0 Å². The summed E-state index contributed by atoms with van der Waals surface area (Å²) >= 11 is 0. The van der Waals surface area contributed by atoms with Crippen LogP contribution in [0.5, 0.6) is 0 Å². The second kappa shape index (κ2) is 4.44. The van der Waals surface area contributed by atoms with Crippen LogP contribution in [0.15, 0.2) is 4.42 Å². The van der Waals surface area contributed by atoms with Crippen LogP contribution in [0, 0.1) is 0 Å². The Morgan fingerprint density at radius 1 is 1.24 bits per heavy atom. The van der Waals surface area contributed by atoms with Crippen molar-refractivity contribution in [1.82, 2.24) is 20.0 Å². The first-order valence-corrected chi connectivity index (χ1v) is 7.39. The van der Waals surface area contributed by atoms with Crippen LogP contribution in [-0.2, 0) is 4.79 Å².